The molecule has 0 saturated carbocycles. The molecule has 0 spiro atoms. The summed E-state index contributed by atoms with van der Waals surface area (Å²) >= 11 is 0. The Morgan fingerprint density at radius 3 is 2.00 bits per heavy atom. The zero-order valence-electron chi connectivity index (χ0n) is 18.9. The third-order valence-electron chi connectivity index (χ3n) is 6.07. The molecule has 0 fully saturated rings. The lowest BCUT2D eigenvalue weighted by molar-refractivity contribution is -0.162. The SMILES string of the molecule is CCN(CCCC(C#N)(c1ccc(C(F)(F)F)c(C(F)(F)F)c1)C(C)C)Cc1ccccc1. The normalized spacial score (nSPS) is 14.4. The molecule has 0 aliphatic rings. The van der Waals surface area contributed by atoms with Gasteiger partial charge in [-0.2, -0.15) is 31.6 Å². The van der Waals surface area contributed by atoms with E-state index in [0.717, 1.165) is 18.2 Å². The highest BCUT2D eigenvalue weighted by atomic mass is 19.4. The molecule has 180 valence electrons. The molecular formula is C25H28F6N2. The van der Waals surface area contributed by atoms with Crippen molar-refractivity contribution in [3.8, 4) is 6.07 Å². The Hall–Kier alpha value is -2.53. The van der Waals surface area contributed by atoms with Gasteiger partial charge in [-0.15, -0.1) is 0 Å². The fourth-order valence-corrected chi connectivity index (χ4v) is 4.09. The van der Waals surface area contributed by atoms with Gasteiger partial charge in [0, 0.05) is 6.54 Å². The molecule has 1 unspecified atom stereocenters. The van der Waals surface area contributed by atoms with Crippen LogP contribution in [0.5, 0.6) is 0 Å². The Morgan fingerprint density at radius 1 is 0.909 bits per heavy atom. The van der Waals surface area contributed by atoms with Gasteiger partial charge in [0.25, 0.3) is 0 Å². The zero-order chi connectivity index (χ0) is 24.9. The van der Waals surface area contributed by atoms with Gasteiger partial charge in [0.05, 0.1) is 22.6 Å². The molecule has 2 rings (SSSR count). The Kier molecular flexibility index (Phi) is 8.58. The average molecular weight is 471 g/mol. The van der Waals surface area contributed by atoms with Crippen molar-refractivity contribution in [3.05, 3.63) is 70.8 Å². The van der Waals surface area contributed by atoms with Crippen molar-refractivity contribution in [1.29, 1.82) is 5.26 Å². The van der Waals surface area contributed by atoms with E-state index in [1.54, 1.807) is 13.8 Å². The van der Waals surface area contributed by atoms with E-state index in [9.17, 15) is 31.6 Å². The summed E-state index contributed by atoms with van der Waals surface area (Å²) in [5.41, 5.74) is -3.75. The average Bonchev–Trinajstić information content (AvgIpc) is 2.75. The molecule has 0 aromatic heterocycles. The number of hydrogen-bond acceptors (Lipinski definition) is 2. The van der Waals surface area contributed by atoms with E-state index >= 15 is 0 Å². The summed E-state index contributed by atoms with van der Waals surface area (Å²) in [5.74, 6) is -0.399. The third-order valence-corrected chi connectivity index (χ3v) is 6.07. The highest BCUT2D eigenvalue weighted by Gasteiger charge is 2.45. The minimum atomic E-state index is -5.19. The van der Waals surface area contributed by atoms with Gasteiger partial charge in [0.2, 0.25) is 0 Å². The molecule has 0 aliphatic heterocycles. The summed E-state index contributed by atoms with van der Waals surface area (Å²) in [6.07, 6.45) is -9.59. The number of nitriles is 1. The van der Waals surface area contributed by atoms with Gasteiger partial charge in [-0.3, -0.25) is 4.90 Å². The summed E-state index contributed by atoms with van der Waals surface area (Å²) in [4.78, 5) is 2.16. The van der Waals surface area contributed by atoms with Gasteiger partial charge >= 0.3 is 12.4 Å². The molecule has 0 radical (unpaired) electrons. The first-order valence-electron chi connectivity index (χ1n) is 10.8. The van der Waals surface area contributed by atoms with Crippen molar-refractivity contribution >= 4 is 0 Å². The maximum absolute atomic E-state index is 13.5. The topological polar surface area (TPSA) is 27.0 Å². The molecule has 2 aromatic carbocycles. The van der Waals surface area contributed by atoms with Crippen LogP contribution in [0.3, 0.4) is 0 Å². The monoisotopic (exact) mass is 470 g/mol. The first-order chi connectivity index (χ1) is 15.3. The van der Waals surface area contributed by atoms with Crippen LogP contribution in [0.2, 0.25) is 0 Å². The summed E-state index contributed by atoms with van der Waals surface area (Å²) in [5, 5.41) is 10.0. The van der Waals surface area contributed by atoms with Crippen molar-refractivity contribution in [3.63, 3.8) is 0 Å². The Balaban J connectivity index is 2.32. The van der Waals surface area contributed by atoms with E-state index in [2.05, 4.69) is 11.0 Å². The highest BCUT2D eigenvalue weighted by molar-refractivity contribution is 5.42. The molecular weight excluding hydrogens is 442 g/mol. The summed E-state index contributed by atoms with van der Waals surface area (Å²) in [6.45, 7) is 7.44. The molecule has 33 heavy (non-hydrogen) atoms. The Bertz CT molecular complexity index is 944. The molecule has 8 heteroatoms. The van der Waals surface area contributed by atoms with Crippen molar-refractivity contribution in [2.45, 2.75) is 57.9 Å². The number of rotatable bonds is 9. The first-order valence-corrected chi connectivity index (χ1v) is 10.8. The Labute approximate surface area is 190 Å². The second-order valence-corrected chi connectivity index (χ2v) is 8.45. The lowest BCUT2D eigenvalue weighted by Crippen LogP contribution is -2.33. The van der Waals surface area contributed by atoms with E-state index in [1.807, 2.05) is 37.3 Å². The van der Waals surface area contributed by atoms with Gasteiger partial charge in [-0.25, -0.2) is 0 Å². The minimum absolute atomic E-state index is 0.0357. The quantitative estimate of drug-likeness (QED) is 0.356. The first kappa shape index (κ1) is 26.7. The number of nitrogens with zero attached hydrogens (tertiary/aromatic N) is 2. The van der Waals surface area contributed by atoms with Crippen molar-refractivity contribution in [2.75, 3.05) is 13.1 Å². The predicted molar refractivity (Wildman–Crippen MR) is 115 cm³/mol. The molecule has 0 aliphatic carbocycles. The lowest BCUT2D eigenvalue weighted by atomic mass is 9.69. The van der Waals surface area contributed by atoms with Crippen LogP contribution in [0.1, 0.15) is 55.9 Å². The number of halogens is 6. The van der Waals surface area contributed by atoms with E-state index < -0.39 is 34.8 Å². The smallest absolute Gasteiger partial charge is 0.299 e. The fourth-order valence-electron chi connectivity index (χ4n) is 4.09. The molecule has 1 atom stereocenters. The van der Waals surface area contributed by atoms with Gasteiger partial charge < -0.3 is 0 Å². The van der Waals surface area contributed by atoms with Crippen LogP contribution in [-0.4, -0.2) is 18.0 Å². The largest absolute Gasteiger partial charge is 0.417 e. The predicted octanol–water partition coefficient (Wildman–Crippen LogP) is 7.44. The van der Waals surface area contributed by atoms with Gasteiger partial charge in [0.1, 0.15) is 0 Å². The van der Waals surface area contributed by atoms with Crippen LogP contribution in [0, 0.1) is 17.2 Å². The summed E-state index contributed by atoms with van der Waals surface area (Å²) in [6, 6.07) is 13.9. The number of hydrogen-bond donors (Lipinski definition) is 0. The van der Waals surface area contributed by atoms with Crippen molar-refractivity contribution in [1.82, 2.24) is 4.90 Å². The molecule has 0 heterocycles. The fraction of sp³-hybridized carbons (Fsp3) is 0.480. The van der Waals surface area contributed by atoms with Gasteiger partial charge in [0.15, 0.2) is 0 Å². The third kappa shape index (κ3) is 6.50. The summed E-state index contributed by atoms with van der Waals surface area (Å²) < 4.78 is 80.0. The minimum Gasteiger partial charge on any atom is -0.299 e. The maximum Gasteiger partial charge on any atom is 0.417 e. The van der Waals surface area contributed by atoms with Crippen LogP contribution in [-0.2, 0) is 24.3 Å². The standard InChI is InChI=1S/C25H28F6N2/c1-4-33(16-19-9-6-5-7-10-19)14-8-13-23(17-32,18(2)3)20-11-12-21(24(26,27)28)22(15-20)25(29,30)31/h5-7,9-12,15,18H,4,8,13-14,16H2,1-3H3. The van der Waals surface area contributed by atoms with E-state index in [1.165, 1.54) is 0 Å². The maximum atomic E-state index is 13.5. The van der Waals surface area contributed by atoms with Crippen molar-refractivity contribution < 1.29 is 26.3 Å². The van der Waals surface area contributed by atoms with E-state index in [-0.39, 0.29) is 12.0 Å². The zero-order valence-corrected chi connectivity index (χ0v) is 18.9. The molecule has 0 N–H and O–H groups in total. The second kappa shape index (κ2) is 10.6. The summed E-state index contributed by atoms with van der Waals surface area (Å²) in [7, 11) is 0. The number of benzene rings is 2. The van der Waals surface area contributed by atoms with Crippen LogP contribution in [0.4, 0.5) is 26.3 Å². The highest BCUT2D eigenvalue weighted by Crippen LogP contribution is 2.44. The van der Waals surface area contributed by atoms with Crippen LogP contribution >= 0.6 is 0 Å². The molecule has 0 saturated heterocycles. The van der Waals surface area contributed by atoms with Crippen LogP contribution in [0.15, 0.2) is 48.5 Å². The van der Waals surface area contributed by atoms with Crippen LogP contribution in [0.25, 0.3) is 0 Å². The Morgan fingerprint density at radius 2 is 1.52 bits per heavy atom. The molecule has 0 amide bonds. The van der Waals surface area contributed by atoms with Gasteiger partial charge in [-0.1, -0.05) is 57.2 Å². The van der Waals surface area contributed by atoms with Crippen molar-refractivity contribution in [2.24, 2.45) is 5.92 Å². The van der Waals surface area contributed by atoms with Gasteiger partial charge in [-0.05, 0) is 55.1 Å². The molecule has 2 aromatic rings. The lowest BCUT2D eigenvalue weighted by Gasteiger charge is -2.33. The van der Waals surface area contributed by atoms with Crippen LogP contribution < -0.4 is 0 Å². The number of alkyl halides is 6. The molecule has 2 nitrogen and oxygen atoms in total. The molecule has 0 bridgehead atoms. The van der Waals surface area contributed by atoms with E-state index in [0.29, 0.717) is 31.6 Å². The van der Waals surface area contributed by atoms with E-state index in [4.69, 9.17) is 0 Å². The second-order valence-electron chi connectivity index (χ2n) is 8.45.